The standard InChI is InChI=1S/C15H14F3N5O.Al/c1-2-6-12-19-14(21-22(12)10-7-4-3-5-8-10)23-13(24)9-11(20-23)15(16,17)18;/h3-5,7-9,24H,2,6H2,1H3;/q;+1/p-1. The van der Waals surface area contributed by atoms with E-state index < -0.39 is 11.9 Å². The van der Waals surface area contributed by atoms with Crippen LogP contribution in [0, 0.1) is 0 Å². The summed E-state index contributed by atoms with van der Waals surface area (Å²) in [4.78, 5) is 4.35. The van der Waals surface area contributed by atoms with Crippen molar-refractivity contribution in [3.63, 3.8) is 0 Å². The SMILES string of the molecule is CCCc1nc(-n2nc(C(F)(F)F)cc2[O][Al])nn1-c1ccccc1. The van der Waals surface area contributed by atoms with Crippen molar-refractivity contribution in [1.29, 1.82) is 0 Å². The van der Waals surface area contributed by atoms with E-state index >= 15 is 0 Å². The van der Waals surface area contributed by atoms with E-state index in [0.717, 1.165) is 22.9 Å². The van der Waals surface area contributed by atoms with Crippen molar-refractivity contribution in [2.45, 2.75) is 25.9 Å². The number of hydrogen-bond donors (Lipinski definition) is 0. The molecule has 0 fully saturated rings. The Morgan fingerprint density at radius 1 is 1.12 bits per heavy atom. The van der Waals surface area contributed by atoms with Crippen molar-refractivity contribution in [3.8, 4) is 17.5 Å². The number of hydrogen-bond acceptors (Lipinski definition) is 4. The highest BCUT2D eigenvalue weighted by Gasteiger charge is 2.35. The Morgan fingerprint density at radius 2 is 1.84 bits per heavy atom. The number of alkyl halides is 3. The summed E-state index contributed by atoms with van der Waals surface area (Å²) in [6, 6.07) is 10.0. The fourth-order valence-corrected chi connectivity index (χ4v) is 2.48. The number of aryl methyl sites for hydroxylation is 1. The summed E-state index contributed by atoms with van der Waals surface area (Å²) in [5.41, 5.74) is -0.306. The van der Waals surface area contributed by atoms with Gasteiger partial charge in [0.1, 0.15) is 5.82 Å². The number of para-hydroxylation sites is 1. The molecule has 2 heterocycles. The Hall–Kier alpha value is -2.31. The van der Waals surface area contributed by atoms with Gasteiger partial charge in [-0.2, -0.15) is 27.9 Å². The van der Waals surface area contributed by atoms with E-state index in [1.165, 1.54) is 0 Å². The van der Waals surface area contributed by atoms with Crippen LogP contribution in [0.4, 0.5) is 13.2 Å². The summed E-state index contributed by atoms with van der Waals surface area (Å²) in [5.74, 6) is 0.522. The first-order valence-corrected chi connectivity index (χ1v) is 7.97. The lowest BCUT2D eigenvalue weighted by atomic mass is 10.3. The highest BCUT2D eigenvalue weighted by molar-refractivity contribution is 5.99. The van der Waals surface area contributed by atoms with Gasteiger partial charge in [-0.25, -0.2) is 4.68 Å². The molecule has 1 aromatic carbocycles. The summed E-state index contributed by atoms with van der Waals surface area (Å²) >= 11 is 1.91. The molecule has 2 radical (unpaired) electrons. The van der Waals surface area contributed by atoms with Crippen LogP contribution in [0.3, 0.4) is 0 Å². The predicted molar refractivity (Wildman–Crippen MR) is 83.9 cm³/mol. The molecule has 0 aliphatic heterocycles. The van der Waals surface area contributed by atoms with E-state index in [0.29, 0.717) is 12.2 Å². The van der Waals surface area contributed by atoms with E-state index in [4.69, 9.17) is 3.79 Å². The zero-order chi connectivity index (χ0) is 18.0. The zero-order valence-electron chi connectivity index (χ0n) is 13.2. The number of rotatable bonds is 5. The molecule has 25 heavy (non-hydrogen) atoms. The summed E-state index contributed by atoms with van der Waals surface area (Å²) < 4.78 is 46.2. The maximum atomic E-state index is 12.9. The summed E-state index contributed by atoms with van der Waals surface area (Å²) in [5, 5.41) is 7.87. The highest BCUT2D eigenvalue weighted by Crippen LogP contribution is 2.31. The van der Waals surface area contributed by atoms with Gasteiger partial charge >= 0.3 is 22.8 Å². The summed E-state index contributed by atoms with van der Waals surface area (Å²) in [7, 11) is 0. The minimum atomic E-state index is -4.59. The van der Waals surface area contributed by atoms with Crippen LogP contribution in [-0.4, -0.2) is 41.2 Å². The van der Waals surface area contributed by atoms with Gasteiger partial charge in [-0.05, 0) is 18.6 Å². The van der Waals surface area contributed by atoms with E-state index in [1.807, 2.05) is 53.9 Å². The molecule has 0 atom stereocenters. The van der Waals surface area contributed by atoms with Crippen molar-refractivity contribution in [1.82, 2.24) is 24.5 Å². The molecule has 3 aromatic rings. The monoisotopic (exact) mass is 363 g/mol. The molecule has 0 aliphatic carbocycles. The van der Waals surface area contributed by atoms with Gasteiger partial charge in [0.2, 0.25) is 0 Å². The number of benzene rings is 1. The van der Waals surface area contributed by atoms with Crippen LogP contribution in [-0.2, 0) is 12.6 Å². The lowest BCUT2D eigenvalue weighted by Gasteiger charge is -2.04. The van der Waals surface area contributed by atoms with Crippen molar-refractivity contribution in [3.05, 3.63) is 47.9 Å². The average molecular weight is 363 g/mol. The van der Waals surface area contributed by atoms with Gasteiger partial charge < -0.3 is 3.79 Å². The van der Waals surface area contributed by atoms with Crippen LogP contribution >= 0.6 is 0 Å². The molecule has 128 valence electrons. The number of aromatic nitrogens is 5. The van der Waals surface area contributed by atoms with E-state index in [-0.39, 0.29) is 11.8 Å². The van der Waals surface area contributed by atoms with E-state index in [2.05, 4.69) is 15.2 Å². The third-order valence-electron chi connectivity index (χ3n) is 3.41. The molecule has 0 N–H and O–H groups in total. The zero-order valence-corrected chi connectivity index (χ0v) is 14.4. The van der Waals surface area contributed by atoms with Crippen LogP contribution in [0.5, 0.6) is 5.88 Å². The molecule has 2 aromatic heterocycles. The molecular weight excluding hydrogens is 350 g/mol. The highest BCUT2D eigenvalue weighted by atomic mass is 27.1. The number of halogens is 3. The Morgan fingerprint density at radius 3 is 2.44 bits per heavy atom. The Kier molecular flexibility index (Phi) is 4.83. The number of nitrogens with zero attached hydrogens (tertiary/aromatic N) is 5. The molecule has 0 aliphatic rings. The first-order valence-electron chi connectivity index (χ1n) is 7.49. The second-order valence-corrected chi connectivity index (χ2v) is 5.46. The maximum absolute atomic E-state index is 12.9. The summed E-state index contributed by atoms with van der Waals surface area (Å²) in [6.45, 7) is 1.98. The smallest absolute Gasteiger partial charge is 0.483 e. The summed E-state index contributed by atoms with van der Waals surface area (Å²) in [6.07, 6.45) is -3.16. The average Bonchev–Trinajstić information content (AvgIpc) is 3.19. The molecule has 3 rings (SSSR count). The first kappa shape index (κ1) is 17.5. The first-order chi connectivity index (χ1) is 11.9. The van der Waals surface area contributed by atoms with Crippen LogP contribution in [0.1, 0.15) is 24.9 Å². The fraction of sp³-hybridized carbons (Fsp3) is 0.267. The molecule has 0 bridgehead atoms. The molecule has 0 saturated carbocycles. The molecule has 0 spiro atoms. The molecule has 6 nitrogen and oxygen atoms in total. The van der Waals surface area contributed by atoms with Crippen LogP contribution < -0.4 is 3.79 Å². The van der Waals surface area contributed by atoms with Crippen molar-refractivity contribution in [2.24, 2.45) is 0 Å². The van der Waals surface area contributed by atoms with Crippen molar-refractivity contribution < 1.29 is 17.0 Å². The van der Waals surface area contributed by atoms with Gasteiger partial charge in [-0.3, -0.25) is 0 Å². The Bertz CT molecular complexity index is 860. The van der Waals surface area contributed by atoms with Crippen LogP contribution in [0.15, 0.2) is 36.4 Å². The Balaban J connectivity index is 2.11. The molecule has 10 heteroatoms. The van der Waals surface area contributed by atoms with Gasteiger partial charge in [0.25, 0.3) is 5.95 Å². The van der Waals surface area contributed by atoms with Gasteiger partial charge in [-0.15, -0.1) is 5.10 Å². The van der Waals surface area contributed by atoms with Gasteiger partial charge in [0.15, 0.2) is 11.6 Å². The largest absolute Gasteiger partial charge is 0.640 e. The van der Waals surface area contributed by atoms with Crippen LogP contribution in [0.25, 0.3) is 11.6 Å². The normalized spacial score (nSPS) is 11.7. The van der Waals surface area contributed by atoms with E-state index in [1.54, 1.807) is 4.68 Å². The van der Waals surface area contributed by atoms with Gasteiger partial charge in [0.05, 0.1) is 5.69 Å². The van der Waals surface area contributed by atoms with Gasteiger partial charge in [-0.1, -0.05) is 25.1 Å². The third-order valence-corrected chi connectivity index (χ3v) is 3.66. The topological polar surface area (TPSA) is 57.8 Å². The molecule has 0 unspecified atom stereocenters. The second-order valence-electron chi connectivity index (χ2n) is 5.22. The predicted octanol–water partition coefficient (Wildman–Crippen LogP) is 2.89. The molecular formula is C15H13AlF3N5O. The molecule has 0 saturated heterocycles. The van der Waals surface area contributed by atoms with E-state index in [9.17, 15) is 13.2 Å². The minimum absolute atomic E-state index is 0.0141. The quantitative estimate of drug-likeness (QED) is 0.654. The van der Waals surface area contributed by atoms with Gasteiger partial charge in [0, 0.05) is 12.5 Å². The Labute approximate surface area is 150 Å². The lowest BCUT2D eigenvalue weighted by molar-refractivity contribution is -0.141. The second kappa shape index (κ2) is 6.90. The molecule has 0 amide bonds. The van der Waals surface area contributed by atoms with Crippen LogP contribution in [0.2, 0.25) is 0 Å². The maximum Gasteiger partial charge on any atom is 0.483 e. The minimum Gasteiger partial charge on any atom is -0.640 e. The lowest BCUT2D eigenvalue weighted by Crippen LogP contribution is -2.08. The fourth-order valence-electron chi connectivity index (χ4n) is 2.31. The van der Waals surface area contributed by atoms with Crippen molar-refractivity contribution in [2.75, 3.05) is 0 Å². The van der Waals surface area contributed by atoms with Crippen molar-refractivity contribution >= 4 is 16.6 Å². The third kappa shape index (κ3) is 3.55.